The van der Waals surface area contributed by atoms with E-state index in [1.54, 1.807) is 18.3 Å². The van der Waals surface area contributed by atoms with Crippen LogP contribution < -0.4 is 4.72 Å². The number of hydrogen-bond acceptors (Lipinski definition) is 5. The van der Waals surface area contributed by atoms with E-state index in [-0.39, 0.29) is 10.8 Å². The Morgan fingerprint density at radius 2 is 1.79 bits per heavy atom. The first-order valence-corrected chi connectivity index (χ1v) is 12.8. The predicted molar refractivity (Wildman–Crippen MR) is 134 cm³/mol. The number of nitrogens with zero attached hydrogens (tertiary/aromatic N) is 4. The third-order valence-electron chi connectivity index (χ3n) is 5.40. The largest absolute Gasteiger partial charge is 0.331 e. The van der Waals surface area contributed by atoms with Crippen LogP contribution in [0, 0.1) is 12.8 Å². The minimum Gasteiger partial charge on any atom is -0.331 e. The highest BCUT2D eigenvalue weighted by atomic mass is 35.5. The van der Waals surface area contributed by atoms with Crippen LogP contribution in [0.3, 0.4) is 0 Å². The number of halogens is 1. The van der Waals surface area contributed by atoms with Crippen LogP contribution in [0.5, 0.6) is 0 Å². The molecule has 0 unspecified atom stereocenters. The molecule has 0 aliphatic heterocycles. The fraction of sp³-hybridized carbons (Fsp3) is 0.240. The van der Waals surface area contributed by atoms with Crippen molar-refractivity contribution >= 4 is 27.6 Å². The lowest BCUT2D eigenvalue weighted by molar-refractivity contribution is 0.601. The number of sulfonamides is 1. The number of aryl methyl sites for hydroxylation is 1. The molecule has 0 spiro atoms. The summed E-state index contributed by atoms with van der Waals surface area (Å²) in [6.07, 6.45) is 7.44. The number of anilines is 1. The molecule has 0 saturated heterocycles. The Kier molecular flexibility index (Phi) is 7.00. The minimum absolute atomic E-state index is 0.0174. The van der Waals surface area contributed by atoms with Gasteiger partial charge in [0.2, 0.25) is 5.95 Å². The van der Waals surface area contributed by atoms with Crippen molar-refractivity contribution in [3.8, 4) is 11.1 Å². The molecule has 0 aliphatic carbocycles. The standard InChI is InChI=1S/C25H26ClN5O2S/c1-17(2)13-19-5-8-24(34(32,33)30-25-28-9-4-10-29-25)22(14-19)20-6-7-21(23(26)15-20)16-31-12-11-27-18(31)3/h4-12,14-15,17H,13,16H2,1-3H3,(H,28,29,30). The molecule has 0 bridgehead atoms. The summed E-state index contributed by atoms with van der Waals surface area (Å²) < 4.78 is 31.1. The molecule has 4 rings (SSSR count). The first kappa shape index (κ1) is 23.9. The van der Waals surface area contributed by atoms with Gasteiger partial charge in [-0.05, 0) is 60.2 Å². The lowest BCUT2D eigenvalue weighted by Crippen LogP contribution is -2.16. The lowest BCUT2D eigenvalue weighted by Gasteiger charge is -2.16. The Hall–Kier alpha value is -3.23. The summed E-state index contributed by atoms with van der Waals surface area (Å²) in [5.74, 6) is 1.34. The van der Waals surface area contributed by atoms with Crippen LogP contribution in [0.4, 0.5) is 5.95 Å². The lowest BCUT2D eigenvalue weighted by atomic mass is 9.97. The van der Waals surface area contributed by atoms with Crippen LogP contribution in [0.2, 0.25) is 5.02 Å². The molecule has 9 heteroatoms. The van der Waals surface area contributed by atoms with E-state index in [0.29, 0.717) is 23.0 Å². The Labute approximate surface area is 204 Å². The van der Waals surface area contributed by atoms with Gasteiger partial charge in [0.1, 0.15) is 5.82 Å². The molecule has 2 heterocycles. The predicted octanol–water partition coefficient (Wildman–Crippen LogP) is 5.35. The van der Waals surface area contributed by atoms with Gasteiger partial charge < -0.3 is 4.57 Å². The SMILES string of the molecule is Cc1nccn1Cc1ccc(-c2cc(CC(C)C)ccc2S(=O)(=O)Nc2ncccn2)cc1Cl. The summed E-state index contributed by atoms with van der Waals surface area (Å²) in [6.45, 7) is 6.77. The maximum Gasteiger partial charge on any atom is 0.264 e. The second-order valence-corrected chi connectivity index (χ2v) is 10.6. The quantitative estimate of drug-likeness (QED) is 0.356. The molecule has 4 aromatic rings. The van der Waals surface area contributed by atoms with Crippen molar-refractivity contribution in [1.29, 1.82) is 0 Å². The van der Waals surface area contributed by atoms with Crippen molar-refractivity contribution in [3.05, 3.63) is 89.2 Å². The zero-order chi connectivity index (χ0) is 24.3. The van der Waals surface area contributed by atoms with E-state index < -0.39 is 10.0 Å². The highest BCUT2D eigenvalue weighted by Gasteiger charge is 2.22. The topological polar surface area (TPSA) is 89.8 Å². The highest BCUT2D eigenvalue weighted by Crippen LogP contribution is 2.33. The molecule has 0 aliphatic rings. The minimum atomic E-state index is -3.94. The van der Waals surface area contributed by atoms with E-state index in [2.05, 4.69) is 33.5 Å². The van der Waals surface area contributed by atoms with Crippen molar-refractivity contribution in [1.82, 2.24) is 19.5 Å². The number of rotatable bonds is 8. The summed E-state index contributed by atoms with van der Waals surface area (Å²) in [5, 5.41) is 0.558. The van der Waals surface area contributed by atoms with Crippen molar-refractivity contribution in [3.63, 3.8) is 0 Å². The fourth-order valence-electron chi connectivity index (χ4n) is 3.76. The van der Waals surface area contributed by atoms with Gasteiger partial charge in [0, 0.05) is 35.4 Å². The average molecular weight is 496 g/mol. The van der Waals surface area contributed by atoms with E-state index in [1.807, 2.05) is 48.0 Å². The van der Waals surface area contributed by atoms with E-state index in [0.717, 1.165) is 28.9 Å². The van der Waals surface area contributed by atoms with Crippen molar-refractivity contribution in [2.45, 2.75) is 38.6 Å². The molecule has 0 saturated carbocycles. The normalized spacial score (nSPS) is 11.7. The summed E-state index contributed by atoms with van der Waals surface area (Å²) in [7, 11) is -3.94. The molecule has 176 valence electrons. The van der Waals surface area contributed by atoms with Crippen LogP contribution >= 0.6 is 11.6 Å². The molecule has 1 N–H and O–H groups in total. The van der Waals surface area contributed by atoms with Gasteiger partial charge in [0.15, 0.2) is 0 Å². The van der Waals surface area contributed by atoms with Crippen LogP contribution in [-0.4, -0.2) is 27.9 Å². The Bertz CT molecular complexity index is 1400. The van der Waals surface area contributed by atoms with E-state index in [9.17, 15) is 8.42 Å². The molecule has 34 heavy (non-hydrogen) atoms. The third kappa shape index (κ3) is 5.46. The number of benzene rings is 2. The highest BCUT2D eigenvalue weighted by molar-refractivity contribution is 7.92. The molecular formula is C25H26ClN5O2S. The van der Waals surface area contributed by atoms with E-state index >= 15 is 0 Å². The van der Waals surface area contributed by atoms with Crippen LogP contribution in [-0.2, 0) is 23.0 Å². The zero-order valence-corrected chi connectivity index (χ0v) is 20.8. The van der Waals surface area contributed by atoms with Gasteiger partial charge in [0.05, 0.1) is 11.4 Å². The van der Waals surface area contributed by atoms with E-state index in [1.165, 1.54) is 12.4 Å². The molecule has 2 aromatic heterocycles. The maximum absolute atomic E-state index is 13.3. The van der Waals surface area contributed by atoms with Crippen molar-refractivity contribution in [2.24, 2.45) is 5.92 Å². The molecule has 0 fully saturated rings. The van der Waals surface area contributed by atoms with Gasteiger partial charge in [0.25, 0.3) is 10.0 Å². The second-order valence-electron chi connectivity index (χ2n) is 8.51. The summed E-state index contributed by atoms with van der Waals surface area (Å²) in [5.41, 5.74) is 3.27. The summed E-state index contributed by atoms with van der Waals surface area (Å²) >= 11 is 6.65. The van der Waals surface area contributed by atoms with Gasteiger partial charge >= 0.3 is 0 Å². The number of imidazole rings is 1. The molecule has 7 nitrogen and oxygen atoms in total. The van der Waals surface area contributed by atoms with Crippen LogP contribution in [0.1, 0.15) is 30.8 Å². The molecule has 0 amide bonds. The van der Waals surface area contributed by atoms with Crippen molar-refractivity contribution in [2.75, 3.05) is 4.72 Å². The maximum atomic E-state index is 13.3. The number of hydrogen-bond donors (Lipinski definition) is 1. The number of aromatic nitrogens is 4. The van der Waals surface area contributed by atoms with Gasteiger partial charge in [-0.25, -0.2) is 28.1 Å². The smallest absolute Gasteiger partial charge is 0.264 e. The first-order chi connectivity index (χ1) is 16.2. The van der Waals surface area contributed by atoms with Gasteiger partial charge in [-0.1, -0.05) is 43.6 Å². The van der Waals surface area contributed by atoms with Gasteiger partial charge in [-0.15, -0.1) is 0 Å². The monoisotopic (exact) mass is 495 g/mol. The number of nitrogens with one attached hydrogen (secondary N) is 1. The molecule has 2 aromatic carbocycles. The van der Waals surface area contributed by atoms with E-state index in [4.69, 9.17) is 11.6 Å². The Morgan fingerprint density at radius 1 is 1.03 bits per heavy atom. The van der Waals surface area contributed by atoms with Gasteiger partial charge in [-0.3, -0.25) is 0 Å². The fourth-order valence-corrected chi connectivity index (χ4v) is 5.17. The summed E-state index contributed by atoms with van der Waals surface area (Å²) in [4.78, 5) is 12.4. The first-order valence-electron chi connectivity index (χ1n) is 10.9. The van der Waals surface area contributed by atoms with Crippen LogP contribution in [0.25, 0.3) is 11.1 Å². The third-order valence-corrected chi connectivity index (χ3v) is 7.14. The molecule has 0 atom stereocenters. The Balaban J connectivity index is 1.76. The Morgan fingerprint density at radius 3 is 2.44 bits per heavy atom. The van der Waals surface area contributed by atoms with Crippen LogP contribution in [0.15, 0.2) is 72.1 Å². The zero-order valence-electron chi connectivity index (χ0n) is 19.2. The van der Waals surface area contributed by atoms with Gasteiger partial charge in [-0.2, -0.15) is 0 Å². The molecular weight excluding hydrogens is 470 g/mol. The summed E-state index contributed by atoms with van der Waals surface area (Å²) in [6, 6.07) is 12.7. The van der Waals surface area contributed by atoms with Crippen molar-refractivity contribution < 1.29 is 8.42 Å². The second kappa shape index (κ2) is 9.95. The molecule has 0 radical (unpaired) electrons. The average Bonchev–Trinajstić information content (AvgIpc) is 3.19.